The van der Waals surface area contributed by atoms with E-state index in [0.29, 0.717) is 0 Å². The predicted molar refractivity (Wildman–Crippen MR) is 57.3 cm³/mol. The smallest absolute Gasteiger partial charge is 0.167 e. The molecule has 1 rings (SSSR count). The summed E-state index contributed by atoms with van der Waals surface area (Å²) in [5, 5.41) is 9.01. The van der Waals surface area contributed by atoms with Crippen LogP contribution in [0.25, 0.3) is 0 Å². The molecule has 0 saturated heterocycles. The van der Waals surface area contributed by atoms with Crippen LogP contribution in [0.3, 0.4) is 0 Å². The third-order valence-corrected chi connectivity index (χ3v) is 2.32. The minimum absolute atomic E-state index is 0.00514. The third kappa shape index (κ3) is 3.77. The summed E-state index contributed by atoms with van der Waals surface area (Å²) in [6.07, 6.45) is 1.75. The Morgan fingerprint density at radius 1 is 1.38 bits per heavy atom. The quantitative estimate of drug-likeness (QED) is 0.814. The average molecular weight is 230 g/mol. The molecule has 0 bridgehead atoms. The Labute approximate surface area is 93.9 Å². The van der Waals surface area contributed by atoms with E-state index >= 15 is 0 Å². The minimum Gasteiger partial charge on any atom is -0.490 e. The molecule has 0 aliphatic carbocycles. The van der Waals surface area contributed by atoms with Crippen LogP contribution >= 0.6 is 0 Å². The maximum atomic E-state index is 13.2. The van der Waals surface area contributed by atoms with Gasteiger partial charge in [0.15, 0.2) is 11.6 Å². The van der Waals surface area contributed by atoms with Crippen molar-refractivity contribution in [3.63, 3.8) is 0 Å². The van der Waals surface area contributed by atoms with E-state index in [2.05, 4.69) is 0 Å². The summed E-state index contributed by atoms with van der Waals surface area (Å²) in [5.41, 5.74) is 0. The maximum Gasteiger partial charge on any atom is 0.167 e. The molecule has 4 heteroatoms. The molecule has 0 unspecified atom stereocenters. The molecule has 0 aliphatic heterocycles. The number of aliphatic hydroxyl groups excluding tert-OH is 1. The molecule has 2 nitrogen and oxygen atoms in total. The summed E-state index contributed by atoms with van der Waals surface area (Å²) in [6.45, 7) is 2.25. The number of hydrogen-bond acceptors (Lipinski definition) is 2. The highest BCUT2D eigenvalue weighted by atomic mass is 19.1. The van der Waals surface area contributed by atoms with Gasteiger partial charge >= 0.3 is 0 Å². The van der Waals surface area contributed by atoms with Crippen LogP contribution in [0.4, 0.5) is 8.78 Å². The second-order valence-electron chi connectivity index (χ2n) is 3.72. The Morgan fingerprint density at radius 3 is 2.69 bits per heavy atom. The second kappa shape index (κ2) is 6.43. The molecule has 0 saturated carbocycles. The number of benzene rings is 1. The predicted octanol–water partition coefficient (Wildman–Crippen LogP) is 2.75. The van der Waals surface area contributed by atoms with Crippen molar-refractivity contribution in [1.29, 1.82) is 0 Å². The van der Waals surface area contributed by atoms with Crippen molar-refractivity contribution in [3.8, 4) is 5.75 Å². The van der Waals surface area contributed by atoms with Crippen molar-refractivity contribution < 1.29 is 18.6 Å². The van der Waals surface area contributed by atoms with Gasteiger partial charge in [-0.1, -0.05) is 13.3 Å². The lowest BCUT2D eigenvalue weighted by atomic mass is 10.1. The number of halogens is 2. The monoisotopic (exact) mass is 230 g/mol. The SMILES string of the molecule is CCC[C@H](CO)COc1ccc(F)cc1F. The zero-order chi connectivity index (χ0) is 12.0. The highest BCUT2D eigenvalue weighted by Gasteiger charge is 2.10. The van der Waals surface area contributed by atoms with E-state index in [1.165, 1.54) is 6.07 Å². The Bertz CT molecular complexity index is 329. The van der Waals surface area contributed by atoms with Crippen LogP contribution in [0.2, 0.25) is 0 Å². The van der Waals surface area contributed by atoms with Crippen LogP contribution in [0.5, 0.6) is 5.75 Å². The summed E-state index contributed by atoms with van der Waals surface area (Å²) >= 11 is 0. The normalized spacial score (nSPS) is 12.5. The molecule has 0 radical (unpaired) electrons. The van der Waals surface area contributed by atoms with Crippen molar-refractivity contribution in [1.82, 2.24) is 0 Å². The molecule has 0 spiro atoms. The number of rotatable bonds is 6. The summed E-state index contributed by atoms with van der Waals surface area (Å²) in [6, 6.07) is 3.18. The molecule has 1 N–H and O–H groups in total. The van der Waals surface area contributed by atoms with Crippen molar-refractivity contribution in [2.45, 2.75) is 19.8 Å². The van der Waals surface area contributed by atoms with E-state index in [1.54, 1.807) is 0 Å². The number of hydrogen-bond donors (Lipinski definition) is 1. The fourth-order valence-corrected chi connectivity index (χ4v) is 1.44. The lowest BCUT2D eigenvalue weighted by Gasteiger charge is -2.14. The summed E-state index contributed by atoms with van der Waals surface area (Å²) in [7, 11) is 0. The Balaban J connectivity index is 2.53. The largest absolute Gasteiger partial charge is 0.490 e. The standard InChI is InChI=1S/C12H16F2O2/c1-2-3-9(7-15)8-16-12-5-4-10(13)6-11(12)14/h4-6,9,15H,2-3,7-8H2,1H3/t9-/m1/s1. The first-order chi connectivity index (χ1) is 7.67. The zero-order valence-electron chi connectivity index (χ0n) is 9.25. The maximum absolute atomic E-state index is 13.2. The Hall–Kier alpha value is -1.16. The van der Waals surface area contributed by atoms with Gasteiger partial charge in [-0.15, -0.1) is 0 Å². The minimum atomic E-state index is -0.715. The lowest BCUT2D eigenvalue weighted by Crippen LogP contribution is -2.16. The van der Waals surface area contributed by atoms with E-state index in [9.17, 15) is 8.78 Å². The van der Waals surface area contributed by atoms with Gasteiger partial charge in [-0.05, 0) is 18.6 Å². The van der Waals surface area contributed by atoms with Gasteiger partial charge in [0.25, 0.3) is 0 Å². The highest BCUT2D eigenvalue weighted by Crippen LogP contribution is 2.19. The van der Waals surface area contributed by atoms with E-state index in [-0.39, 0.29) is 24.9 Å². The van der Waals surface area contributed by atoms with Crippen LogP contribution in [0, 0.1) is 17.6 Å². The second-order valence-corrected chi connectivity index (χ2v) is 3.72. The number of ether oxygens (including phenoxy) is 1. The molecule has 0 aliphatic rings. The van der Waals surface area contributed by atoms with Gasteiger partial charge in [0.2, 0.25) is 0 Å². The topological polar surface area (TPSA) is 29.5 Å². The average Bonchev–Trinajstić information content (AvgIpc) is 2.26. The van der Waals surface area contributed by atoms with Crippen molar-refractivity contribution in [2.75, 3.05) is 13.2 Å². The molecule has 16 heavy (non-hydrogen) atoms. The molecule has 0 aromatic heterocycles. The molecule has 0 heterocycles. The van der Waals surface area contributed by atoms with Crippen molar-refractivity contribution >= 4 is 0 Å². The summed E-state index contributed by atoms with van der Waals surface area (Å²) in [4.78, 5) is 0. The van der Waals surface area contributed by atoms with Crippen LogP contribution in [-0.2, 0) is 0 Å². The van der Waals surface area contributed by atoms with E-state index < -0.39 is 11.6 Å². The van der Waals surface area contributed by atoms with Crippen LogP contribution < -0.4 is 4.74 Å². The molecular weight excluding hydrogens is 214 g/mol. The van der Waals surface area contributed by atoms with Crippen molar-refractivity contribution in [3.05, 3.63) is 29.8 Å². The first-order valence-corrected chi connectivity index (χ1v) is 5.36. The molecular formula is C12H16F2O2. The first kappa shape index (κ1) is 12.9. The molecule has 1 aromatic rings. The molecule has 1 atom stereocenters. The number of aliphatic hydroxyl groups is 1. The highest BCUT2D eigenvalue weighted by molar-refractivity contribution is 5.24. The Kier molecular flexibility index (Phi) is 5.19. The molecule has 90 valence electrons. The van der Waals surface area contributed by atoms with E-state index in [4.69, 9.17) is 9.84 Å². The van der Waals surface area contributed by atoms with Crippen molar-refractivity contribution in [2.24, 2.45) is 5.92 Å². The molecule has 0 fully saturated rings. The fourth-order valence-electron chi connectivity index (χ4n) is 1.44. The third-order valence-electron chi connectivity index (χ3n) is 2.32. The molecule has 1 aromatic carbocycles. The first-order valence-electron chi connectivity index (χ1n) is 5.36. The zero-order valence-corrected chi connectivity index (χ0v) is 9.25. The lowest BCUT2D eigenvalue weighted by molar-refractivity contribution is 0.152. The van der Waals surface area contributed by atoms with Gasteiger partial charge in [0.05, 0.1) is 6.61 Å². The molecule has 0 amide bonds. The van der Waals surface area contributed by atoms with Gasteiger partial charge in [0.1, 0.15) is 5.82 Å². The Morgan fingerprint density at radius 2 is 2.12 bits per heavy atom. The van der Waals surface area contributed by atoms with E-state index in [0.717, 1.165) is 25.0 Å². The summed E-state index contributed by atoms with van der Waals surface area (Å²) < 4.78 is 31.0. The van der Waals surface area contributed by atoms with Gasteiger partial charge < -0.3 is 9.84 Å². The van der Waals surface area contributed by atoms with Gasteiger partial charge in [0, 0.05) is 18.6 Å². The van der Waals surface area contributed by atoms with Gasteiger partial charge in [-0.2, -0.15) is 0 Å². The van der Waals surface area contributed by atoms with Gasteiger partial charge in [-0.3, -0.25) is 0 Å². The van der Waals surface area contributed by atoms with Crippen LogP contribution in [-0.4, -0.2) is 18.3 Å². The van der Waals surface area contributed by atoms with Crippen LogP contribution in [0.1, 0.15) is 19.8 Å². The van der Waals surface area contributed by atoms with Crippen LogP contribution in [0.15, 0.2) is 18.2 Å². The fraction of sp³-hybridized carbons (Fsp3) is 0.500. The van der Waals surface area contributed by atoms with Gasteiger partial charge in [-0.25, -0.2) is 8.78 Å². The summed E-state index contributed by atoms with van der Waals surface area (Å²) in [5.74, 6) is -1.32. The van der Waals surface area contributed by atoms with E-state index in [1.807, 2.05) is 6.92 Å².